The van der Waals surface area contributed by atoms with Crippen molar-refractivity contribution in [1.82, 2.24) is 9.97 Å². The summed E-state index contributed by atoms with van der Waals surface area (Å²) in [6.45, 7) is 0. The number of rotatable bonds is 2. The monoisotopic (exact) mass is 290 g/mol. The van der Waals surface area contributed by atoms with Crippen LogP contribution < -0.4 is 0 Å². The molecular formula is C13H7ClN2O2S. The van der Waals surface area contributed by atoms with Crippen molar-refractivity contribution in [2.24, 2.45) is 0 Å². The van der Waals surface area contributed by atoms with Gasteiger partial charge in [-0.1, -0.05) is 53.3 Å². The number of halogens is 1. The van der Waals surface area contributed by atoms with E-state index in [4.69, 9.17) is 16.7 Å². The summed E-state index contributed by atoms with van der Waals surface area (Å²) in [7, 11) is 0. The van der Waals surface area contributed by atoms with Crippen molar-refractivity contribution in [2.45, 2.75) is 0 Å². The molecule has 0 spiro atoms. The quantitative estimate of drug-likeness (QED) is 0.781. The van der Waals surface area contributed by atoms with Crippen molar-refractivity contribution in [3.63, 3.8) is 0 Å². The Morgan fingerprint density at radius 3 is 2.68 bits per heavy atom. The van der Waals surface area contributed by atoms with E-state index in [0.29, 0.717) is 10.3 Å². The first-order valence-corrected chi connectivity index (χ1v) is 6.60. The van der Waals surface area contributed by atoms with Crippen LogP contribution in [0.5, 0.6) is 0 Å². The van der Waals surface area contributed by atoms with E-state index >= 15 is 0 Å². The van der Waals surface area contributed by atoms with Gasteiger partial charge in [-0.05, 0) is 0 Å². The zero-order valence-electron chi connectivity index (χ0n) is 9.50. The zero-order chi connectivity index (χ0) is 13.4. The number of carboxylic acids is 1. The van der Waals surface area contributed by atoms with Crippen LogP contribution in [0.1, 0.15) is 10.4 Å². The van der Waals surface area contributed by atoms with Gasteiger partial charge in [0, 0.05) is 11.8 Å². The molecule has 0 saturated carbocycles. The number of hydrogen-bond acceptors (Lipinski definition) is 4. The Hall–Kier alpha value is -1.98. The first-order chi connectivity index (χ1) is 9.16. The van der Waals surface area contributed by atoms with E-state index in [0.717, 1.165) is 10.6 Å². The van der Waals surface area contributed by atoms with Gasteiger partial charge in [0.15, 0.2) is 0 Å². The van der Waals surface area contributed by atoms with E-state index in [1.54, 1.807) is 0 Å². The lowest BCUT2D eigenvalue weighted by Gasteiger charge is -1.97. The molecule has 94 valence electrons. The molecule has 1 aromatic carbocycles. The average Bonchev–Trinajstić information content (AvgIpc) is 2.85. The molecule has 0 aliphatic heterocycles. The summed E-state index contributed by atoms with van der Waals surface area (Å²) in [6, 6.07) is 9.62. The first-order valence-electron chi connectivity index (χ1n) is 5.40. The number of aromatic nitrogens is 2. The topological polar surface area (TPSA) is 63.1 Å². The molecule has 6 heteroatoms. The Morgan fingerprint density at radius 1 is 1.26 bits per heavy atom. The van der Waals surface area contributed by atoms with E-state index in [1.807, 2.05) is 30.3 Å². The maximum absolute atomic E-state index is 11.0. The number of nitrogens with zero attached hydrogens (tertiary/aromatic N) is 2. The molecule has 0 aliphatic carbocycles. The third-order valence-electron chi connectivity index (χ3n) is 2.62. The summed E-state index contributed by atoms with van der Waals surface area (Å²) < 4.78 is 0. The molecule has 4 nitrogen and oxygen atoms in total. The Kier molecular flexibility index (Phi) is 2.93. The third kappa shape index (κ3) is 2.07. The molecule has 3 rings (SSSR count). The van der Waals surface area contributed by atoms with Gasteiger partial charge in [-0.2, -0.15) is 0 Å². The first kappa shape index (κ1) is 12.1. The van der Waals surface area contributed by atoms with Crippen LogP contribution in [0, 0.1) is 0 Å². The minimum absolute atomic E-state index is 0.0286. The summed E-state index contributed by atoms with van der Waals surface area (Å²) >= 11 is 7.45. The lowest BCUT2D eigenvalue weighted by Crippen LogP contribution is -1.98. The smallest absolute Gasteiger partial charge is 0.338 e. The van der Waals surface area contributed by atoms with Gasteiger partial charge in [0.1, 0.15) is 15.4 Å². The molecule has 0 fully saturated rings. The van der Waals surface area contributed by atoms with Gasteiger partial charge in [0.25, 0.3) is 0 Å². The predicted octanol–water partition coefficient (Wildman–Crippen LogP) is 3.71. The van der Waals surface area contributed by atoms with E-state index in [2.05, 4.69) is 9.97 Å². The average molecular weight is 291 g/mol. The van der Waals surface area contributed by atoms with Gasteiger partial charge in [0.05, 0.1) is 10.6 Å². The van der Waals surface area contributed by atoms with Crippen LogP contribution in [0.4, 0.5) is 0 Å². The van der Waals surface area contributed by atoms with Crippen LogP contribution in [0.25, 0.3) is 20.9 Å². The van der Waals surface area contributed by atoms with Crippen molar-refractivity contribution in [2.75, 3.05) is 0 Å². The summed E-state index contributed by atoms with van der Waals surface area (Å²) in [5.74, 6) is -1.10. The fourth-order valence-electron chi connectivity index (χ4n) is 1.70. The zero-order valence-corrected chi connectivity index (χ0v) is 11.1. The number of thiazole rings is 1. The van der Waals surface area contributed by atoms with E-state index in [1.165, 1.54) is 17.5 Å². The third-order valence-corrected chi connectivity index (χ3v) is 4.01. The number of fused-ring (bicyclic) bond motifs is 1. The molecule has 0 aliphatic rings. The fraction of sp³-hybridized carbons (Fsp3) is 0. The number of pyridine rings is 1. The van der Waals surface area contributed by atoms with E-state index < -0.39 is 5.97 Å². The lowest BCUT2D eigenvalue weighted by molar-refractivity contribution is 0.0697. The number of benzene rings is 1. The predicted molar refractivity (Wildman–Crippen MR) is 74.8 cm³/mol. The number of carboxylic acid groups (broad SMARTS) is 1. The van der Waals surface area contributed by atoms with E-state index in [-0.39, 0.29) is 10.6 Å². The second kappa shape index (κ2) is 4.60. The van der Waals surface area contributed by atoms with Crippen molar-refractivity contribution in [3.8, 4) is 10.6 Å². The minimum atomic E-state index is -1.10. The Balaban J connectivity index is 2.22. The largest absolute Gasteiger partial charge is 0.478 e. The Morgan fingerprint density at radius 2 is 2.00 bits per heavy atom. The molecule has 2 aromatic heterocycles. The number of hydrogen-bond donors (Lipinski definition) is 1. The van der Waals surface area contributed by atoms with Crippen LogP contribution >= 0.6 is 22.9 Å². The molecule has 0 saturated heterocycles. The van der Waals surface area contributed by atoms with Gasteiger partial charge >= 0.3 is 5.97 Å². The fourth-order valence-corrected chi connectivity index (χ4v) is 2.94. The van der Waals surface area contributed by atoms with Gasteiger partial charge in [0.2, 0.25) is 0 Å². The molecule has 0 atom stereocenters. The minimum Gasteiger partial charge on any atom is -0.478 e. The highest BCUT2D eigenvalue weighted by molar-refractivity contribution is 7.21. The molecule has 0 bridgehead atoms. The molecule has 0 radical (unpaired) electrons. The van der Waals surface area contributed by atoms with E-state index in [9.17, 15) is 4.79 Å². The van der Waals surface area contributed by atoms with Crippen molar-refractivity contribution >= 4 is 39.3 Å². The molecular weight excluding hydrogens is 284 g/mol. The van der Waals surface area contributed by atoms with Crippen LogP contribution in [0.3, 0.4) is 0 Å². The summed E-state index contributed by atoms with van der Waals surface area (Å²) in [5.41, 5.74) is 1.36. The van der Waals surface area contributed by atoms with Crippen LogP contribution in [-0.2, 0) is 0 Å². The molecule has 2 heterocycles. The number of aromatic carboxylic acids is 1. The van der Waals surface area contributed by atoms with Crippen LogP contribution in [0.2, 0.25) is 5.02 Å². The van der Waals surface area contributed by atoms with Crippen LogP contribution in [0.15, 0.2) is 36.5 Å². The summed E-state index contributed by atoms with van der Waals surface area (Å²) in [5, 5.41) is 9.91. The van der Waals surface area contributed by atoms with Crippen molar-refractivity contribution in [1.29, 1.82) is 0 Å². The SMILES string of the molecule is O=C(O)c1cnc2sc(-c3ccccc3)nc2c1Cl. The molecule has 3 aromatic rings. The Labute approximate surface area is 117 Å². The van der Waals surface area contributed by atoms with Gasteiger partial charge in [-0.3, -0.25) is 0 Å². The van der Waals surface area contributed by atoms with Crippen LogP contribution in [-0.4, -0.2) is 21.0 Å². The summed E-state index contributed by atoms with van der Waals surface area (Å²) in [6.07, 6.45) is 1.26. The van der Waals surface area contributed by atoms with Gasteiger partial charge < -0.3 is 5.11 Å². The van der Waals surface area contributed by atoms with Crippen molar-refractivity contribution in [3.05, 3.63) is 47.1 Å². The highest BCUT2D eigenvalue weighted by Gasteiger charge is 2.16. The van der Waals surface area contributed by atoms with Crippen molar-refractivity contribution < 1.29 is 9.90 Å². The highest BCUT2D eigenvalue weighted by atomic mass is 35.5. The molecule has 1 N–H and O–H groups in total. The second-order valence-electron chi connectivity index (χ2n) is 3.83. The summed E-state index contributed by atoms with van der Waals surface area (Å²) in [4.78, 5) is 20.1. The lowest BCUT2D eigenvalue weighted by atomic mass is 10.2. The molecule has 19 heavy (non-hydrogen) atoms. The Bertz CT molecular complexity index is 771. The molecule has 0 unspecified atom stereocenters. The van der Waals surface area contributed by atoms with Gasteiger partial charge in [-0.15, -0.1) is 0 Å². The second-order valence-corrected chi connectivity index (χ2v) is 5.19. The normalized spacial score (nSPS) is 10.8. The highest BCUT2D eigenvalue weighted by Crippen LogP contribution is 2.33. The maximum atomic E-state index is 11.0. The standard InChI is InChI=1S/C13H7ClN2O2S/c14-9-8(13(17)18)6-15-12-10(9)16-11(19-12)7-4-2-1-3-5-7/h1-6H,(H,17,18). The number of carbonyl (C=O) groups is 1. The molecule has 0 amide bonds. The van der Waals surface area contributed by atoms with Gasteiger partial charge in [-0.25, -0.2) is 14.8 Å². The maximum Gasteiger partial charge on any atom is 0.338 e.